The van der Waals surface area contributed by atoms with E-state index in [1.807, 2.05) is 0 Å². The predicted molar refractivity (Wildman–Crippen MR) is 196 cm³/mol. The van der Waals surface area contributed by atoms with E-state index in [1.165, 1.54) is 39.8 Å². The van der Waals surface area contributed by atoms with Crippen molar-refractivity contribution >= 4 is 53.0 Å². The Balaban J connectivity index is 2.32. The number of hydrogen-bond donors (Lipinski definition) is 9. The van der Waals surface area contributed by atoms with Gasteiger partial charge in [0.25, 0.3) is 17.7 Å². The first-order valence-electron chi connectivity index (χ1n) is 17.0. The topological polar surface area (TPSA) is 275 Å². The molecule has 2 aliphatic rings. The Kier molecular flexibility index (Phi) is 14.0. The van der Waals surface area contributed by atoms with E-state index >= 15 is 0 Å². The minimum Gasteiger partial charge on any atom is -0.504 e. The number of phenols is 2. The molecule has 3 rings (SSSR count). The number of phenolic OH excluding ortho intramolecular Hbond substituents is 2. The molecule has 0 aliphatic carbocycles. The molecule has 2 aliphatic heterocycles. The smallest absolute Gasteiger partial charge is 0.330 e. The number of allylic oxidation sites excluding steroid dienone is 1. The standard InChI is InChI=1S/C36H45ClN6O12/c1-8-17(5)25-32(51)38-20(15-23(45)46)34(53)42(7)26(27(47)18-13-19(37)28(48)22(44)14-18)33(52)39-24(16(3)4)31(50)41-29(36(6,55)9-2)35(54)43-12-10-11-21(43)30(49)40-25/h10-11,13-15,21,24,26-27,29,44,47-48,55H,3,8-9,12H2,1-2,4-7H3,(H,38,51)(H,39,52)(H,40,49)(H,41,50)(H,45,46)/b20-15-,25-17-. The predicted octanol–water partition coefficient (Wildman–Crippen LogP) is -0.0162. The van der Waals surface area contributed by atoms with Gasteiger partial charge < -0.3 is 56.6 Å². The number of fused-ring (bicyclic) bond motifs is 1. The summed E-state index contributed by atoms with van der Waals surface area (Å²) in [5, 5.41) is 61.8. The number of aromatic hydroxyl groups is 2. The number of aliphatic carboxylic acids is 1. The number of likely N-dealkylation sites (N-methyl/N-ethyl adjacent to an activating group) is 1. The van der Waals surface area contributed by atoms with E-state index in [2.05, 4.69) is 27.8 Å². The van der Waals surface area contributed by atoms with Crippen molar-refractivity contribution in [2.75, 3.05) is 13.6 Å². The van der Waals surface area contributed by atoms with Crippen LogP contribution in [0.2, 0.25) is 5.02 Å². The zero-order chi connectivity index (χ0) is 41.7. The SMILES string of the molecule is C=C(C)C1NC(=O)C(C(O)c2cc(O)c(O)c(Cl)c2)N(C)C(=O)/C(=C/C(=O)O)NC(=O)/C(=C(\C)CC)NC(=O)C2C=CCN2C(=O)C(C(C)(O)CC)NC1=O. The summed E-state index contributed by atoms with van der Waals surface area (Å²) in [6.07, 6.45) is 1.11. The lowest BCUT2D eigenvalue weighted by molar-refractivity contribution is -0.147. The highest BCUT2D eigenvalue weighted by molar-refractivity contribution is 6.32. The van der Waals surface area contributed by atoms with E-state index in [4.69, 9.17) is 11.6 Å². The second kappa shape index (κ2) is 17.6. The van der Waals surface area contributed by atoms with Crippen LogP contribution in [0.15, 0.2) is 59.5 Å². The molecule has 0 spiro atoms. The minimum absolute atomic E-state index is 0.0282. The van der Waals surface area contributed by atoms with Crippen LogP contribution < -0.4 is 21.3 Å². The van der Waals surface area contributed by atoms with Crippen molar-refractivity contribution in [3.05, 3.63) is 70.1 Å². The van der Waals surface area contributed by atoms with Gasteiger partial charge in [-0.15, -0.1) is 0 Å². The first-order chi connectivity index (χ1) is 25.6. The molecule has 19 heteroatoms. The Morgan fingerprint density at radius 3 is 2.24 bits per heavy atom. The lowest BCUT2D eigenvalue weighted by Crippen LogP contribution is -2.64. The Morgan fingerprint density at radius 1 is 1.05 bits per heavy atom. The number of carboxylic acid groups (broad SMARTS) is 1. The van der Waals surface area contributed by atoms with E-state index in [0.29, 0.717) is 11.0 Å². The molecule has 0 radical (unpaired) electrons. The van der Waals surface area contributed by atoms with Crippen LogP contribution in [0.1, 0.15) is 59.1 Å². The highest BCUT2D eigenvalue weighted by Gasteiger charge is 2.45. The average Bonchev–Trinajstić information content (AvgIpc) is 3.62. The van der Waals surface area contributed by atoms with Crippen LogP contribution in [-0.4, -0.2) is 120 Å². The number of carbonyl (C=O) groups is 7. The Hall–Kier alpha value is -5.72. The maximum absolute atomic E-state index is 14.2. The fourth-order valence-corrected chi connectivity index (χ4v) is 5.91. The van der Waals surface area contributed by atoms with Crippen LogP contribution in [0.3, 0.4) is 0 Å². The lowest BCUT2D eigenvalue weighted by atomic mass is 9.91. The van der Waals surface area contributed by atoms with E-state index < -0.39 is 105 Å². The fraction of sp³-hybridized carbons (Fsp3) is 0.417. The van der Waals surface area contributed by atoms with Gasteiger partial charge in [-0.2, -0.15) is 0 Å². The number of aliphatic hydroxyl groups is 2. The van der Waals surface area contributed by atoms with Gasteiger partial charge in [0.15, 0.2) is 11.5 Å². The summed E-state index contributed by atoms with van der Waals surface area (Å²) in [4.78, 5) is 97.3. The van der Waals surface area contributed by atoms with Gasteiger partial charge >= 0.3 is 5.97 Å². The molecule has 1 saturated heterocycles. The van der Waals surface area contributed by atoms with Crippen LogP contribution in [0.25, 0.3) is 0 Å². The molecule has 55 heavy (non-hydrogen) atoms. The molecule has 9 N–H and O–H groups in total. The zero-order valence-electron chi connectivity index (χ0n) is 31.0. The number of nitrogens with one attached hydrogen (secondary N) is 4. The molecule has 1 aromatic carbocycles. The van der Waals surface area contributed by atoms with Gasteiger partial charge in [0, 0.05) is 13.6 Å². The Bertz CT molecular complexity index is 1870. The first kappa shape index (κ1) is 43.7. The van der Waals surface area contributed by atoms with Crippen LogP contribution >= 0.6 is 11.6 Å². The molecule has 1 aromatic rings. The van der Waals surface area contributed by atoms with Crippen molar-refractivity contribution in [1.29, 1.82) is 0 Å². The number of benzene rings is 1. The molecular weight excluding hydrogens is 744 g/mol. The summed E-state index contributed by atoms with van der Waals surface area (Å²) in [7, 11) is 0.956. The van der Waals surface area contributed by atoms with Gasteiger partial charge in [-0.05, 0) is 62.5 Å². The number of carboxylic acids is 1. The summed E-state index contributed by atoms with van der Waals surface area (Å²) in [5.74, 6) is -10.0. The summed E-state index contributed by atoms with van der Waals surface area (Å²) in [5.41, 5.74) is -3.38. The maximum Gasteiger partial charge on any atom is 0.330 e. The summed E-state index contributed by atoms with van der Waals surface area (Å²) in [6.45, 7) is 10.9. The third kappa shape index (κ3) is 9.69. The Morgan fingerprint density at radius 2 is 1.69 bits per heavy atom. The van der Waals surface area contributed by atoms with Crippen LogP contribution in [0.4, 0.5) is 0 Å². The van der Waals surface area contributed by atoms with Crippen LogP contribution in [0.5, 0.6) is 11.5 Å². The van der Waals surface area contributed by atoms with Crippen molar-refractivity contribution in [3.8, 4) is 11.5 Å². The number of aliphatic hydroxyl groups excluding tert-OH is 1. The average molecular weight is 789 g/mol. The van der Waals surface area contributed by atoms with Gasteiger partial charge in [0.05, 0.1) is 16.7 Å². The number of amides is 6. The van der Waals surface area contributed by atoms with Crippen molar-refractivity contribution in [1.82, 2.24) is 31.1 Å². The van der Waals surface area contributed by atoms with Crippen LogP contribution in [-0.2, 0) is 33.6 Å². The van der Waals surface area contributed by atoms with Crippen molar-refractivity contribution < 1.29 is 59.1 Å². The van der Waals surface area contributed by atoms with Crippen molar-refractivity contribution in [2.45, 2.75) is 83.3 Å². The molecular formula is C36H45ClN6O12. The molecule has 18 nitrogen and oxygen atoms in total. The third-order valence-electron chi connectivity index (χ3n) is 9.31. The molecule has 0 aromatic heterocycles. The van der Waals surface area contributed by atoms with E-state index in [1.54, 1.807) is 6.92 Å². The molecule has 1 fully saturated rings. The van der Waals surface area contributed by atoms with Crippen LogP contribution in [0, 0.1) is 0 Å². The molecule has 6 atom stereocenters. The Labute approximate surface area is 321 Å². The molecule has 0 bridgehead atoms. The number of halogens is 1. The summed E-state index contributed by atoms with van der Waals surface area (Å²) >= 11 is 6.01. The normalized spacial score (nSPS) is 25.1. The first-order valence-corrected chi connectivity index (χ1v) is 17.3. The largest absolute Gasteiger partial charge is 0.504 e. The number of rotatable bonds is 7. The van der Waals surface area contributed by atoms with E-state index in [0.717, 1.165) is 24.1 Å². The minimum atomic E-state index is -2.13. The molecule has 6 unspecified atom stereocenters. The summed E-state index contributed by atoms with van der Waals surface area (Å²) < 4.78 is 0. The van der Waals surface area contributed by atoms with Gasteiger partial charge in [0.2, 0.25) is 17.7 Å². The molecule has 2 heterocycles. The van der Waals surface area contributed by atoms with Gasteiger partial charge in [-0.3, -0.25) is 28.8 Å². The van der Waals surface area contributed by atoms with E-state index in [9.17, 15) is 59.1 Å². The van der Waals surface area contributed by atoms with Gasteiger partial charge in [-0.1, -0.05) is 44.2 Å². The van der Waals surface area contributed by atoms with Crippen molar-refractivity contribution in [3.63, 3.8) is 0 Å². The number of hydrogen-bond acceptors (Lipinski definition) is 11. The lowest BCUT2D eigenvalue weighted by Gasteiger charge is -2.37. The van der Waals surface area contributed by atoms with Gasteiger partial charge in [-0.25, -0.2) is 4.79 Å². The highest BCUT2D eigenvalue weighted by Crippen LogP contribution is 2.37. The molecule has 6 amide bonds. The monoisotopic (exact) mass is 788 g/mol. The second-order valence-corrected chi connectivity index (χ2v) is 13.7. The fourth-order valence-electron chi connectivity index (χ4n) is 5.69. The number of nitrogens with zero attached hydrogens (tertiary/aromatic N) is 2. The zero-order valence-corrected chi connectivity index (χ0v) is 31.7. The molecule has 0 saturated carbocycles. The second-order valence-electron chi connectivity index (χ2n) is 13.3. The highest BCUT2D eigenvalue weighted by atomic mass is 35.5. The van der Waals surface area contributed by atoms with Crippen molar-refractivity contribution in [2.24, 2.45) is 0 Å². The number of carbonyl (C=O) groups excluding carboxylic acids is 6. The maximum atomic E-state index is 14.2. The third-order valence-corrected chi connectivity index (χ3v) is 9.60. The van der Waals surface area contributed by atoms with Gasteiger partial charge in [0.1, 0.15) is 41.7 Å². The summed E-state index contributed by atoms with van der Waals surface area (Å²) in [6, 6.07) is -5.11. The van der Waals surface area contributed by atoms with E-state index in [-0.39, 0.29) is 36.1 Å². The quantitative estimate of drug-likeness (QED) is 0.100. The molecule has 298 valence electrons.